The Morgan fingerprint density at radius 1 is 1.14 bits per heavy atom. The first-order valence-corrected chi connectivity index (χ1v) is 7.22. The maximum atomic E-state index is 6.12. The number of aromatic nitrogens is 2. The molecule has 1 aliphatic rings. The molecule has 0 radical (unpaired) electrons. The Kier molecular flexibility index (Phi) is 2.89. The summed E-state index contributed by atoms with van der Waals surface area (Å²) in [6, 6.07) is 12.1. The van der Waals surface area contributed by atoms with Crippen molar-refractivity contribution in [3.05, 3.63) is 53.2 Å². The van der Waals surface area contributed by atoms with Gasteiger partial charge >= 0.3 is 0 Å². The van der Waals surface area contributed by atoms with E-state index in [-0.39, 0.29) is 0 Å². The average Bonchev–Trinajstić information content (AvgIpc) is 3.14. The third-order valence-corrected chi connectivity index (χ3v) is 3.80. The van der Waals surface area contributed by atoms with Crippen molar-refractivity contribution in [2.75, 3.05) is 13.1 Å². The van der Waals surface area contributed by atoms with Crippen LogP contribution in [0.25, 0.3) is 22.3 Å². The molecule has 0 bridgehead atoms. The number of nitrogens with zero attached hydrogens (tertiary/aromatic N) is 2. The molecule has 2 N–H and O–H groups in total. The first-order chi connectivity index (χ1) is 10.3. The molecule has 0 fully saturated rings. The van der Waals surface area contributed by atoms with Crippen molar-refractivity contribution in [3.8, 4) is 11.3 Å². The fraction of sp³-hybridized carbons (Fsp3) is 0.125. The Bertz CT molecular complexity index is 836. The molecule has 0 saturated carbocycles. The molecule has 0 unspecified atom stereocenters. The van der Waals surface area contributed by atoms with Gasteiger partial charge in [-0.1, -0.05) is 41.9 Å². The minimum absolute atomic E-state index is 0.626. The Labute approximate surface area is 126 Å². The van der Waals surface area contributed by atoms with Gasteiger partial charge in [0.2, 0.25) is 0 Å². The van der Waals surface area contributed by atoms with Crippen molar-refractivity contribution in [2.45, 2.75) is 0 Å². The second-order valence-electron chi connectivity index (χ2n) is 4.95. The van der Waals surface area contributed by atoms with Gasteiger partial charge in [-0.15, -0.1) is 0 Å². The van der Waals surface area contributed by atoms with Crippen LogP contribution >= 0.6 is 11.6 Å². The van der Waals surface area contributed by atoms with E-state index in [0.717, 1.165) is 46.8 Å². The van der Waals surface area contributed by atoms with Crippen LogP contribution in [0.1, 0.15) is 5.56 Å². The standard InChI is InChI=1S/C16H13ClN4/c17-11-8-12-13(16-18-6-7-19-16)14(21-15(12)20-9-11)10-4-2-1-3-5-10/h1-5,8-9H,6-7H2,(H,18,19)(H,20,21). The number of H-pyrrole nitrogens is 1. The molecule has 2 aromatic heterocycles. The van der Waals surface area contributed by atoms with Crippen molar-refractivity contribution in [3.63, 3.8) is 0 Å². The molecule has 0 aliphatic carbocycles. The summed E-state index contributed by atoms with van der Waals surface area (Å²) in [5, 5.41) is 4.96. The number of nitrogens with one attached hydrogen (secondary N) is 2. The molecule has 5 heteroatoms. The molecule has 0 saturated heterocycles. The summed E-state index contributed by atoms with van der Waals surface area (Å²) in [6.45, 7) is 1.66. The van der Waals surface area contributed by atoms with E-state index in [1.54, 1.807) is 6.20 Å². The van der Waals surface area contributed by atoms with Gasteiger partial charge in [-0.05, 0) is 11.6 Å². The highest BCUT2D eigenvalue weighted by atomic mass is 35.5. The highest BCUT2D eigenvalue weighted by molar-refractivity contribution is 6.31. The highest BCUT2D eigenvalue weighted by Crippen LogP contribution is 2.31. The second kappa shape index (κ2) is 4.90. The van der Waals surface area contributed by atoms with Crippen LogP contribution in [0.15, 0.2) is 47.6 Å². The molecular formula is C16H13ClN4. The molecule has 3 aromatic rings. The zero-order valence-corrected chi connectivity index (χ0v) is 12.0. The number of pyridine rings is 1. The third-order valence-electron chi connectivity index (χ3n) is 3.59. The Balaban J connectivity index is 2.03. The number of rotatable bonds is 2. The molecule has 3 heterocycles. The molecule has 0 amide bonds. The Morgan fingerprint density at radius 3 is 2.76 bits per heavy atom. The lowest BCUT2D eigenvalue weighted by Crippen LogP contribution is -2.19. The van der Waals surface area contributed by atoms with Gasteiger partial charge < -0.3 is 10.3 Å². The van der Waals surface area contributed by atoms with Gasteiger partial charge in [-0.3, -0.25) is 4.99 Å². The lowest BCUT2D eigenvalue weighted by atomic mass is 10.1. The van der Waals surface area contributed by atoms with Gasteiger partial charge in [-0.25, -0.2) is 4.98 Å². The lowest BCUT2D eigenvalue weighted by molar-refractivity contribution is 0.960. The van der Waals surface area contributed by atoms with Gasteiger partial charge in [-0.2, -0.15) is 0 Å². The average molecular weight is 297 g/mol. The molecule has 1 aromatic carbocycles. The maximum Gasteiger partial charge on any atom is 0.138 e. The van der Waals surface area contributed by atoms with Crippen LogP contribution in [0.4, 0.5) is 0 Å². The van der Waals surface area contributed by atoms with E-state index in [9.17, 15) is 0 Å². The molecule has 4 rings (SSSR count). The topological polar surface area (TPSA) is 53.1 Å². The first-order valence-electron chi connectivity index (χ1n) is 6.84. The summed E-state index contributed by atoms with van der Waals surface area (Å²) in [4.78, 5) is 12.3. The van der Waals surface area contributed by atoms with Gasteiger partial charge in [0.05, 0.1) is 22.8 Å². The smallest absolute Gasteiger partial charge is 0.138 e. The summed E-state index contributed by atoms with van der Waals surface area (Å²) < 4.78 is 0. The SMILES string of the molecule is Clc1cnc2[nH]c(-c3ccccc3)c(C3=NCCN3)c2c1. The lowest BCUT2D eigenvalue weighted by Gasteiger charge is -2.05. The number of aromatic amines is 1. The van der Waals surface area contributed by atoms with Crippen LogP contribution in [0.5, 0.6) is 0 Å². The van der Waals surface area contributed by atoms with Gasteiger partial charge in [0.25, 0.3) is 0 Å². The number of fused-ring (bicyclic) bond motifs is 1. The number of hydrogen-bond donors (Lipinski definition) is 2. The molecule has 21 heavy (non-hydrogen) atoms. The van der Waals surface area contributed by atoms with Crippen molar-refractivity contribution in [2.24, 2.45) is 4.99 Å². The number of hydrogen-bond acceptors (Lipinski definition) is 3. The molecular weight excluding hydrogens is 284 g/mol. The molecule has 104 valence electrons. The van der Waals surface area contributed by atoms with Gasteiger partial charge in [0.15, 0.2) is 0 Å². The van der Waals surface area contributed by atoms with Crippen molar-refractivity contribution in [1.29, 1.82) is 0 Å². The summed E-state index contributed by atoms with van der Waals surface area (Å²) in [6.07, 6.45) is 1.66. The molecule has 0 spiro atoms. The van der Waals surface area contributed by atoms with Gasteiger partial charge in [0, 0.05) is 18.1 Å². The summed E-state index contributed by atoms with van der Waals surface area (Å²) in [7, 11) is 0. The quantitative estimate of drug-likeness (QED) is 0.763. The van der Waals surface area contributed by atoms with E-state index in [1.807, 2.05) is 24.3 Å². The fourth-order valence-electron chi connectivity index (χ4n) is 2.68. The summed E-state index contributed by atoms with van der Waals surface area (Å²) >= 11 is 6.12. The van der Waals surface area contributed by atoms with E-state index in [4.69, 9.17) is 11.6 Å². The minimum atomic E-state index is 0.626. The largest absolute Gasteiger partial charge is 0.368 e. The van der Waals surface area contributed by atoms with E-state index in [0.29, 0.717) is 5.02 Å². The summed E-state index contributed by atoms with van der Waals surface area (Å²) in [5.74, 6) is 0.907. The van der Waals surface area contributed by atoms with Crippen molar-refractivity contribution < 1.29 is 0 Å². The van der Waals surface area contributed by atoms with Crippen LogP contribution in [-0.2, 0) is 0 Å². The zero-order chi connectivity index (χ0) is 14.2. The van der Waals surface area contributed by atoms with Crippen molar-refractivity contribution >= 4 is 28.5 Å². The monoisotopic (exact) mass is 296 g/mol. The van der Waals surface area contributed by atoms with Crippen LogP contribution in [0.2, 0.25) is 5.02 Å². The van der Waals surface area contributed by atoms with E-state index in [2.05, 4.69) is 32.4 Å². The zero-order valence-electron chi connectivity index (χ0n) is 11.2. The predicted octanol–water partition coefficient (Wildman–Crippen LogP) is 3.23. The minimum Gasteiger partial charge on any atom is -0.368 e. The molecule has 4 nitrogen and oxygen atoms in total. The number of aliphatic imine (C=N–C) groups is 1. The Morgan fingerprint density at radius 2 is 2.00 bits per heavy atom. The third kappa shape index (κ3) is 2.08. The second-order valence-corrected chi connectivity index (χ2v) is 5.38. The van der Waals surface area contributed by atoms with E-state index < -0.39 is 0 Å². The number of benzene rings is 1. The van der Waals surface area contributed by atoms with E-state index >= 15 is 0 Å². The van der Waals surface area contributed by atoms with Crippen LogP contribution in [0.3, 0.4) is 0 Å². The van der Waals surface area contributed by atoms with Crippen molar-refractivity contribution in [1.82, 2.24) is 15.3 Å². The van der Waals surface area contributed by atoms with Crippen LogP contribution in [0, 0.1) is 0 Å². The maximum absolute atomic E-state index is 6.12. The first kappa shape index (κ1) is 12.4. The molecule has 0 atom stereocenters. The normalized spacial score (nSPS) is 14.2. The Hall–Kier alpha value is -2.33. The summed E-state index contributed by atoms with van der Waals surface area (Å²) in [5.41, 5.74) is 4.00. The highest BCUT2D eigenvalue weighted by Gasteiger charge is 2.20. The molecule has 1 aliphatic heterocycles. The number of amidine groups is 1. The van der Waals surface area contributed by atoms with Crippen LogP contribution < -0.4 is 5.32 Å². The van der Waals surface area contributed by atoms with E-state index in [1.165, 1.54) is 0 Å². The number of halogens is 1. The fourth-order valence-corrected chi connectivity index (χ4v) is 2.84. The van der Waals surface area contributed by atoms with Crippen LogP contribution in [-0.4, -0.2) is 28.9 Å². The van der Waals surface area contributed by atoms with Gasteiger partial charge in [0.1, 0.15) is 11.5 Å². The predicted molar refractivity (Wildman–Crippen MR) is 85.9 cm³/mol.